The summed E-state index contributed by atoms with van der Waals surface area (Å²) in [7, 11) is 1.56. The van der Waals surface area contributed by atoms with Crippen molar-refractivity contribution in [1.82, 2.24) is 15.1 Å². The van der Waals surface area contributed by atoms with Crippen LogP contribution in [-0.2, 0) is 4.79 Å². The van der Waals surface area contributed by atoms with Crippen LogP contribution in [0.3, 0.4) is 0 Å². The Bertz CT molecular complexity index is 616. The zero-order valence-corrected chi connectivity index (χ0v) is 14.7. The van der Waals surface area contributed by atoms with Gasteiger partial charge in [0, 0.05) is 37.9 Å². The van der Waals surface area contributed by atoms with E-state index in [0.29, 0.717) is 17.5 Å². The van der Waals surface area contributed by atoms with Gasteiger partial charge < -0.3 is 20.3 Å². The van der Waals surface area contributed by atoms with Crippen molar-refractivity contribution in [2.45, 2.75) is 25.3 Å². The molecule has 1 aromatic rings. The van der Waals surface area contributed by atoms with Crippen molar-refractivity contribution in [3.63, 3.8) is 0 Å². The molecule has 136 valence electrons. The molecule has 3 amide bonds. The fraction of sp³-hybridized carbons (Fsp3) is 0.556. The maximum atomic E-state index is 12.5. The van der Waals surface area contributed by atoms with Crippen LogP contribution in [-0.4, -0.2) is 67.6 Å². The Morgan fingerprint density at radius 3 is 2.80 bits per heavy atom. The van der Waals surface area contributed by atoms with Crippen LogP contribution in [0.4, 0.5) is 10.5 Å². The van der Waals surface area contributed by atoms with Gasteiger partial charge in [0.25, 0.3) is 5.91 Å². The molecule has 1 aromatic carbocycles. The van der Waals surface area contributed by atoms with Gasteiger partial charge >= 0.3 is 6.03 Å². The van der Waals surface area contributed by atoms with E-state index in [1.165, 1.54) is 12.8 Å². The number of hydrogen-bond acceptors (Lipinski definition) is 4. The van der Waals surface area contributed by atoms with Crippen LogP contribution in [0.15, 0.2) is 24.3 Å². The number of ether oxygens (including phenoxy) is 1. The molecule has 1 atom stereocenters. The van der Waals surface area contributed by atoms with E-state index in [-0.39, 0.29) is 18.5 Å². The van der Waals surface area contributed by atoms with Gasteiger partial charge in [-0.1, -0.05) is 6.07 Å². The molecule has 2 fully saturated rings. The second kappa shape index (κ2) is 8.20. The van der Waals surface area contributed by atoms with Crippen molar-refractivity contribution in [1.29, 1.82) is 0 Å². The lowest BCUT2D eigenvalue weighted by molar-refractivity contribution is -0.122. The molecule has 2 N–H and O–H groups in total. The molecular weight excluding hydrogens is 320 g/mol. The highest BCUT2D eigenvalue weighted by Gasteiger charge is 2.31. The summed E-state index contributed by atoms with van der Waals surface area (Å²) in [6.45, 7) is 3.85. The molecule has 3 rings (SSSR count). The molecule has 2 aliphatic heterocycles. The van der Waals surface area contributed by atoms with Gasteiger partial charge in [-0.2, -0.15) is 0 Å². The Morgan fingerprint density at radius 2 is 2.04 bits per heavy atom. The predicted molar refractivity (Wildman–Crippen MR) is 95.8 cm³/mol. The monoisotopic (exact) mass is 346 g/mol. The van der Waals surface area contributed by atoms with Gasteiger partial charge in [-0.25, -0.2) is 4.79 Å². The summed E-state index contributed by atoms with van der Waals surface area (Å²) in [5.74, 6) is 0.359. The summed E-state index contributed by atoms with van der Waals surface area (Å²) in [5, 5.41) is 5.43. The van der Waals surface area contributed by atoms with Gasteiger partial charge in [-0.3, -0.25) is 9.69 Å². The topological polar surface area (TPSA) is 73.9 Å². The van der Waals surface area contributed by atoms with Gasteiger partial charge in [0.05, 0.1) is 0 Å². The summed E-state index contributed by atoms with van der Waals surface area (Å²) in [4.78, 5) is 28.1. The van der Waals surface area contributed by atoms with E-state index in [2.05, 4.69) is 15.5 Å². The lowest BCUT2D eigenvalue weighted by Gasteiger charge is -2.23. The average molecular weight is 346 g/mol. The third-order valence-corrected chi connectivity index (χ3v) is 4.84. The van der Waals surface area contributed by atoms with Crippen LogP contribution in [0.1, 0.15) is 19.3 Å². The molecular formula is C18H26N4O3. The number of anilines is 1. The SMILES string of the molecule is CNC(=O)COc1cccc(NC(=O)N2CC[C@@H](N3CCCC3)C2)c1. The number of nitrogens with zero attached hydrogens (tertiary/aromatic N) is 2. The van der Waals surface area contributed by atoms with Crippen molar-refractivity contribution in [2.75, 3.05) is 45.2 Å². The van der Waals surface area contributed by atoms with Gasteiger partial charge in [0.1, 0.15) is 5.75 Å². The third kappa shape index (κ3) is 4.63. The summed E-state index contributed by atoms with van der Waals surface area (Å²) in [6.07, 6.45) is 3.58. The molecule has 0 aliphatic carbocycles. The molecule has 0 aromatic heterocycles. The first-order chi connectivity index (χ1) is 12.2. The zero-order valence-electron chi connectivity index (χ0n) is 14.7. The normalized spacial score (nSPS) is 20.5. The summed E-state index contributed by atoms with van der Waals surface area (Å²) in [5.41, 5.74) is 0.670. The standard InChI is InChI=1S/C18H26N4O3/c1-19-17(23)13-25-16-6-4-5-14(11-16)20-18(24)22-10-7-15(12-22)21-8-2-3-9-21/h4-6,11,15H,2-3,7-10,12-13H2,1H3,(H,19,23)(H,20,24)/t15-/m1/s1. The number of nitrogens with one attached hydrogen (secondary N) is 2. The minimum absolute atomic E-state index is 0.0441. The van der Waals surface area contributed by atoms with E-state index in [9.17, 15) is 9.59 Å². The number of carbonyl (C=O) groups is 2. The van der Waals surface area contributed by atoms with E-state index in [4.69, 9.17) is 4.74 Å². The number of likely N-dealkylation sites (N-methyl/N-ethyl adjacent to an activating group) is 1. The Labute approximate surface area is 148 Å². The van der Waals surface area contributed by atoms with E-state index >= 15 is 0 Å². The minimum Gasteiger partial charge on any atom is -0.484 e. The maximum absolute atomic E-state index is 12.5. The highest BCUT2D eigenvalue weighted by atomic mass is 16.5. The highest BCUT2D eigenvalue weighted by molar-refractivity contribution is 5.89. The number of hydrogen-bond donors (Lipinski definition) is 2. The van der Waals surface area contributed by atoms with Crippen LogP contribution >= 0.6 is 0 Å². The Hall–Kier alpha value is -2.28. The quantitative estimate of drug-likeness (QED) is 0.848. The molecule has 2 saturated heterocycles. The summed E-state index contributed by atoms with van der Waals surface area (Å²) < 4.78 is 5.41. The van der Waals surface area contributed by atoms with Crippen molar-refractivity contribution in [3.05, 3.63) is 24.3 Å². The molecule has 0 saturated carbocycles. The number of urea groups is 1. The molecule has 7 nitrogen and oxygen atoms in total. The Kier molecular flexibility index (Phi) is 5.75. The van der Waals surface area contributed by atoms with Crippen molar-refractivity contribution < 1.29 is 14.3 Å². The Morgan fingerprint density at radius 1 is 1.24 bits per heavy atom. The van der Waals surface area contributed by atoms with Crippen LogP contribution in [0.25, 0.3) is 0 Å². The van der Waals surface area contributed by atoms with E-state index < -0.39 is 0 Å². The van der Waals surface area contributed by atoms with Crippen molar-refractivity contribution >= 4 is 17.6 Å². The molecule has 0 unspecified atom stereocenters. The number of likely N-dealkylation sites (tertiary alicyclic amines) is 2. The van der Waals surface area contributed by atoms with Gasteiger partial charge in [0.2, 0.25) is 0 Å². The highest BCUT2D eigenvalue weighted by Crippen LogP contribution is 2.22. The van der Waals surface area contributed by atoms with Crippen LogP contribution < -0.4 is 15.4 Å². The first-order valence-corrected chi connectivity index (χ1v) is 8.89. The first kappa shape index (κ1) is 17.5. The lowest BCUT2D eigenvalue weighted by atomic mass is 10.2. The minimum atomic E-state index is -0.195. The number of rotatable bonds is 5. The summed E-state index contributed by atoms with van der Waals surface area (Å²) >= 11 is 0. The second-order valence-corrected chi connectivity index (χ2v) is 6.55. The van der Waals surface area contributed by atoms with Gasteiger partial charge in [0.15, 0.2) is 6.61 Å². The smallest absolute Gasteiger partial charge is 0.321 e. The van der Waals surface area contributed by atoms with Crippen LogP contribution in [0.5, 0.6) is 5.75 Å². The first-order valence-electron chi connectivity index (χ1n) is 8.89. The summed E-state index contributed by atoms with van der Waals surface area (Å²) in [6, 6.07) is 7.53. The number of amides is 3. The molecule has 2 aliphatic rings. The fourth-order valence-electron chi connectivity index (χ4n) is 3.42. The third-order valence-electron chi connectivity index (χ3n) is 4.84. The number of carbonyl (C=O) groups excluding carboxylic acids is 2. The van der Waals surface area contributed by atoms with Crippen LogP contribution in [0, 0.1) is 0 Å². The van der Waals surface area contributed by atoms with E-state index in [0.717, 1.165) is 32.6 Å². The second-order valence-electron chi connectivity index (χ2n) is 6.55. The average Bonchev–Trinajstić information content (AvgIpc) is 3.31. The Balaban J connectivity index is 1.51. The van der Waals surface area contributed by atoms with Gasteiger partial charge in [-0.15, -0.1) is 0 Å². The molecule has 0 spiro atoms. The van der Waals surface area contributed by atoms with E-state index in [1.807, 2.05) is 11.0 Å². The zero-order chi connectivity index (χ0) is 17.6. The predicted octanol–water partition coefficient (Wildman–Crippen LogP) is 1.51. The molecule has 25 heavy (non-hydrogen) atoms. The maximum Gasteiger partial charge on any atom is 0.321 e. The van der Waals surface area contributed by atoms with Crippen molar-refractivity contribution in [3.8, 4) is 5.75 Å². The van der Waals surface area contributed by atoms with Gasteiger partial charge in [-0.05, 0) is 44.5 Å². The van der Waals surface area contributed by atoms with Crippen LogP contribution in [0.2, 0.25) is 0 Å². The number of benzene rings is 1. The molecule has 0 radical (unpaired) electrons. The lowest BCUT2D eigenvalue weighted by Crippen LogP contribution is -2.38. The fourth-order valence-corrected chi connectivity index (χ4v) is 3.42. The molecule has 0 bridgehead atoms. The molecule has 7 heteroatoms. The van der Waals surface area contributed by atoms with E-state index in [1.54, 1.807) is 25.2 Å². The van der Waals surface area contributed by atoms with Crippen molar-refractivity contribution in [2.24, 2.45) is 0 Å². The largest absolute Gasteiger partial charge is 0.484 e. The molecule has 2 heterocycles.